The van der Waals surface area contributed by atoms with Crippen LogP contribution in [0.4, 0.5) is 0 Å². The molecule has 0 aromatic heterocycles. The zero-order chi connectivity index (χ0) is 11.3. The van der Waals surface area contributed by atoms with Crippen LogP contribution in [-0.2, 0) is 0 Å². The molecule has 0 radical (unpaired) electrons. The molecule has 1 aromatic rings. The molecule has 0 aliphatic heterocycles. The number of rotatable bonds is 5. The Labute approximate surface area is 97.5 Å². The Morgan fingerprint density at radius 3 is 2.27 bits per heavy atom. The molecule has 3 heteroatoms. The van der Waals surface area contributed by atoms with E-state index in [-0.39, 0.29) is 19.8 Å². The molecule has 0 aliphatic carbocycles. The quantitative estimate of drug-likeness (QED) is 0.784. The predicted octanol–water partition coefficient (Wildman–Crippen LogP) is 0.956. The Hall–Kier alpha value is -0.341. The van der Waals surface area contributed by atoms with Gasteiger partial charge in [0.05, 0.1) is 0 Å². The van der Waals surface area contributed by atoms with Crippen LogP contribution in [0.15, 0.2) is 30.3 Å². The van der Waals surface area contributed by atoms with Crippen molar-refractivity contribution in [1.82, 2.24) is 0 Å². The van der Waals surface area contributed by atoms with E-state index in [0.717, 1.165) is 0 Å². The van der Waals surface area contributed by atoms with Crippen molar-refractivity contribution in [3.8, 4) is 0 Å². The third-order valence-corrected chi connectivity index (χ3v) is 5.49. The van der Waals surface area contributed by atoms with Gasteiger partial charge in [0, 0.05) is 0 Å². The van der Waals surface area contributed by atoms with E-state index in [9.17, 15) is 10.2 Å². The van der Waals surface area contributed by atoms with Crippen molar-refractivity contribution in [1.29, 1.82) is 0 Å². The first-order valence-corrected chi connectivity index (χ1v) is 7.07. The molecule has 2 N–H and O–H groups in total. The van der Waals surface area contributed by atoms with Crippen LogP contribution in [-0.4, -0.2) is 37.4 Å². The van der Waals surface area contributed by atoms with E-state index < -0.39 is 12.2 Å². The van der Waals surface area contributed by atoms with Gasteiger partial charge in [0.1, 0.15) is 0 Å². The molecule has 0 fully saturated rings. The molecule has 0 saturated carbocycles. The van der Waals surface area contributed by atoms with Gasteiger partial charge in [-0.3, -0.25) is 0 Å². The third kappa shape index (κ3) is 3.96. The van der Waals surface area contributed by atoms with Crippen LogP contribution in [0.3, 0.4) is 0 Å². The van der Waals surface area contributed by atoms with Crippen molar-refractivity contribution in [2.75, 3.05) is 0 Å². The Bertz CT molecular complexity index is 274. The molecule has 0 bridgehead atoms. The minimum absolute atomic E-state index is 0.00935. The van der Waals surface area contributed by atoms with E-state index in [0.29, 0.717) is 6.42 Å². The molecule has 3 unspecified atom stereocenters. The summed E-state index contributed by atoms with van der Waals surface area (Å²) >= 11 is 0.130. The van der Waals surface area contributed by atoms with Crippen molar-refractivity contribution >= 4 is 19.4 Å². The van der Waals surface area contributed by atoms with Crippen LogP contribution in [0.2, 0.25) is 4.82 Å². The van der Waals surface area contributed by atoms with Crippen LogP contribution in [0.5, 0.6) is 0 Å². The van der Waals surface area contributed by atoms with Crippen molar-refractivity contribution in [3.05, 3.63) is 30.3 Å². The molecule has 3 atom stereocenters. The van der Waals surface area contributed by atoms with Gasteiger partial charge >= 0.3 is 97.3 Å². The average molecular weight is 273 g/mol. The molecule has 15 heavy (non-hydrogen) atoms. The Balaban J connectivity index is 2.67. The summed E-state index contributed by atoms with van der Waals surface area (Å²) in [5.74, 6) is 0. The summed E-state index contributed by atoms with van der Waals surface area (Å²) in [6.07, 6.45) is -0.144. The molecule has 0 aliphatic rings. The Kier molecular flexibility index (Phi) is 5.33. The van der Waals surface area contributed by atoms with Gasteiger partial charge in [0.15, 0.2) is 0 Å². The first-order chi connectivity index (χ1) is 7.15. The molecule has 0 spiro atoms. The van der Waals surface area contributed by atoms with Crippen LogP contribution in [0.25, 0.3) is 0 Å². The summed E-state index contributed by atoms with van der Waals surface area (Å²) in [6.45, 7) is 3.70. The zero-order valence-electron chi connectivity index (χ0n) is 9.13. The molecule has 84 valence electrons. The van der Waals surface area contributed by atoms with E-state index in [1.54, 1.807) is 6.92 Å². The Morgan fingerprint density at radius 1 is 1.20 bits per heavy atom. The van der Waals surface area contributed by atoms with E-state index in [4.69, 9.17) is 0 Å². The van der Waals surface area contributed by atoms with E-state index in [1.807, 2.05) is 25.1 Å². The molecular formula is C12H18O2Se. The molecule has 0 saturated heterocycles. The van der Waals surface area contributed by atoms with Crippen molar-refractivity contribution in [2.45, 2.75) is 37.3 Å². The standard InChI is InChI=1S/C12H18O2Se/c1-3-11(14)12(9(2)13)15-10-7-5-4-6-8-10/h4-9,11-14H,3H2,1-2H3. The van der Waals surface area contributed by atoms with Crippen LogP contribution < -0.4 is 4.46 Å². The summed E-state index contributed by atoms with van der Waals surface area (Å²) < 4.78 is 1.23. The molecular weight excluding hydrogens is 255 g/mol. The molecule has 2 nitrogen and oxygen atoms in total. The van der Waals surface area contributed by atoms with Crippen LogP contribution in [0, 0.1) is 0 Å². The van der Waals surface area contributed by atoms with Crippen LogP contribution >= 0.6 is 0 Å². The second-order valence-electron chi connectivity index (χ2n) is 3.61. The van der Waals surface area contributed by atoms with Crippen LogP contribution in [0.1, 0.15) is 20.3 Å². The first kappa shape index (κ1) is 12.7. The van der Waals surface area contributed by atoms with E-state index in [2.05, 4.69) is 12.1 Å². The monoisotopic (exact) mass is 274 g/mol. The maximum absolute atomic E-state index is 9.81. The maximum atomic E-state index is 9.81. The normalized spacial score (nSPS) is 17.1. The third-order valence-electron chi connectivity index (χ3n) is 2.29. The van der Waals surface area contributed by atoms with Gasteiger partial charge in [-0.05, 0) is 0 Å². The summed E-state index contributed by atoms with van der Waals surface area (Å²) in [6, 6.07) is 10.1. The van der Waals surface area contributed by atoms with Gasteiger partial charge in [-0.25, -0.2) is 0 Å². The average Bonchev–Trinajstić information content (AvgIpc) is 2.26. The molecule has 0 heterocycles. The van der Waals surface area contributed by atoms with Gasteiger partial charge in [0.25, 0.3) is 0 Å². The van der Waals surface area contributed by atoms with Crippen molar-refractivity contribution in [2.24, 2.45) is 0 Å². The number of aliphatic hydroxyl groups excluding tert-OH is 2. The summed E-state index contributed by atoms with van der Waals surface area (Å²) in [5, 5.41) is 19.4. The fourth-order valence-corrected chi connectivity index (χ4v) is 3.85. The topological polar surface area (TPSA) is 40.5 Å². The van der Waals surface area contributed by atoms with E-state index in [1.165, 1.54) is 4.46 Å². The van der Waals surface area contributed by atoms with Gasteiger partial charge in [0.2, 0.25) is 0 Å². The summed E-state index contributed by atoms with van der Waals surface area (Å²) in [5.41, 5.74) is 0. The van der Waals surface area contributed by atoms with Gasteiger partial charge < -0.3 is 0 Å². The van der Waals surface area contributed by atoms with Gasteiger partial charge in [-0.1, -0.05) is 0 Å². The zero-order valence-corrected chi connectivity index (χ0v) is 10.8. The first-order valence-electron chi connectivity index (χ1n) is 5.23. The minimum atomic E-state index is -0.444. The molecule has 1 rings (SSSR count). The predicted molar refractivity (Wildman–Crippen MR) is 63.6 cm³/mol. The van der Waals surface area contributed by atoms with Crippen molar-refractivity contribution < 1.29 is 10.2 Å². The van der Waals surface area contributed by atoms with E-state index >= 15 is 0 Å². The molecule has 0 amide bonds. The second-order valence-corrected chi connectivity index (χ2v) is 6.24. The fraction of sp³-hybridized carbons (Fsp3) is 0.500. The fourth-order valence-electron chi connectivity index (χ4n) is 1.39. The number of aliphatic hydroxyl groups is 2. The van der Waals surface area contributed by atoms with Gasteiger partial charge in [-0.2, -0.15) is 0 Å². The molecule has 1 aromatic carbocycles. The second kappa shape index (κ2) is 6.29. The number of hydrogen-bond acceptors (Lipinski definition) is 2. The Morgan fingerprint density at radius 2 is 1.80 bits per heavy atom. The number of hydrogen-bond donors (Lipinski definition) is 2. The summed E-state index contributed by atoms with van der Waals surface area (Å²) in [7, 11) is 0. The SMILES string of the molecule is CCC(O)C([Se]c1ccccc1)C(C)O. The number of benzene rings is 1. The van der Waals surface area contributed by atoms with Gasteiger partial charge in [-0.15, -0.1) is 0 Å². The van der Waals surface area contributed by atoms with Crippen molar-refractivity contribution in [3.63, 3.8) is 0 Å². The summed E-state index contributed by atoms with van der Waals surface area (Å²) in [4.78, 5) is -0.00935.